The Labute approximate surface area is 105 Å². The predicted octanol–water partition coefficient (Wildman–Crippen LogP) is 0.425. The highest BCUT2D eigenvalue weighted by atomic mass is 16.4. The SMILES string of the molecule is O=C(O)c1cncnc1CNCC1CCCC1O. The number of rotatable bonds is 5. The maximum Gasteiger partial charge on any atom is 0.339 e. The number of nitrogens with one attached hydrogen (secondary N) is 1. The number of carbonyl (C=O) groups is 1. The minimum atomic E-state index is -1.02. The molecule has 0 spiro atoms. The second-order valence-electron chi connectivity index (χ2n) is 4.58. The maximum absolute atomic E-state index is 10.9. The maximum atomic E-state index is 10.9. The molecule has 3 N–H and O–H groups in total. The van der Waals surface area contributed by atoms with E-state index in [-0.39, 0.29) is 17.6 Å². The summed E-state index contributed by atoms with van der Waals surface area (Å²) in [5.41, 5.74) is 0.599. The van der Waals surface area contributed by atoms with Gasteiger partial charge in [0.15, 0.2) is 0 Å². The second kappa shape index (κ2) is 5.88. The molecule has 0 bridgehead atoms. The first-order valence-electron chi connectivity index (χ1n) is 6.09. The zero-order valence-corrected chi connectivity index (χ0v) is 10.0. The van der Waals surface area contributed by atoms with Crippen LogP contribution in [0.15, 0.2) is 12.5 Å². The number of nitrogens with zero attached hydrogens (tertiary/aromatic N) is 2. The van der Waals surface area contributed by atoms with Crippen LogP contribution in [0.25, 0.3) is 0 Å². The van der Waals surface area contributed by atoms with Crippen LogP contribution < -0.4 is 5.32 Å². The molecular weight excluding hydrogens is 234 g/mol. The van der Waals surface area contributed by atoms with Crippen LogP contribution in [-0.4, -0.2) is 38.8 Å². The van der Waals surface area contributed by atoms with Crippen molar-refractivity contribution in [2.24, 2.45) is 5.92 Å². The second-order valence-corrected chi connectivity index (χ2v) is 4.58. The summed E-state index contributed by atoms with van der Waals surface area (Å²) >= 11 is 0. The van der Waals surface area contributed by atoms with Gasteiger partial charge >= 0.3 is 5.97 Å². The molecule has 2 atom stereocenters. The number of aliphatic hydroxyl groups is 1. The molecule has 2 unspecified atom stereocenters. The Morgan fingerprint density at radius 3 is 3.00 bits per heavy atom. The number of aliphatic hydroxyl groups excluding tert-OH is 1. The van der Waals surface area contributed by atoms with E-state index in [1.165, 1.54) is 12.5 Å². The molecule has 1 heterocycles. The van der Waals surface area contributed by atoms with Crippen molar-refractivity contribution in [3.05, 3.63) is 23.8 Å². The fourth-order valence-corrected chi connectivity index (χ4v) is 2.31. The summed E-state index contributed by atoms with van der Waals surface area (Å²) in [5.74, 6) is -0.756. The average molecular weight is 251 g/mol. The lowest BCUT2D eigenvalue weighted by Gasteiger charge is -2.15. The summed E-state index contributed by atoms with van der Waals surface area (Å²) in [6, 6.07) is 0. The van der Waals surface area contributed by atoms with Gasteiger partial charge in [-0.15, -0.1) is 0 Å². The Morgan fingerprint density at radius 2 is 2.33 bits per heavy atom. The number of carboxylic acid groups (broad SMARTS) is 1. The van der Waals surface area contributed by atoms with E-state index in [1.54, 1.807) is 0 Å². The molecule has 0 saturated heterocycles. The van der Waals surface area contributed by atoms with Crippen LogP contribution in [0.2, 0.25) is 0 Å². The summed E-state index contributed by atoms with van der Waals surface area (Å²) in [7, 11) is 0. The molecule has 6 heteroatoms. The van der Waals surface area contributed by atoms with Gasteiger partial charge in [-0.2, -0.15) is 0 Å². The third kappa shape index (κ3) is 3.02. The molecule has 0 amide bonds. The Bertz CT molecular complexity index is 425. The van der Waals surface area contributed by atoms with Gasteiger partial charge in [-0.3, -0.25) is 0 Å². The molecule has 1 fully saturated rings. The van der Waals surface area contributed by atoms with Crippen LogP contribution in [-0.2, 0) is 6.54 Å². The van der Waals surface area contributed by atoms with E-state index in [0.717, 1.165) is 19.3 Å². The summed E-state index contributed by atoms with van der Waals surface area (Å²) < 4.78 is 0. The van der Waals surface area contributed by atoms with Gasteiger partial charge in [0.25, 0.3) is 0 Å². The number of aromatic carboxylic acids is 1. The molecule has 1 saturated carbocycles. The molecule has 0 radical (unpaired) electrons. The fraction of sp³-hybridized carbons (Fsp3) is 0.583. The van der Waals surface area contributed by atoms with Crippen molar-refractivity contribution in [3.63, 3.8) is 0 Å². The third-order valence-electron chi connectivity index (χ3n) is 3.34. The summed E-state index contributed by atoms with van der Waals surface area (Å²) in [6.45, 7) is 1.07. The zero-order chi connectivity index (χ0) is 13.0. The highest BCUT2D eigenvalue weighted by Gasteiger charge is 2.24. The van der Waals surface area contributed by atoms with Crippen molar-refractivity contribution >= 4 is 5.97 Å². The molecule has 2 rings (SSSR count). The number of hydrogen-bond acceptors (Lipinski definition) is 5. The Kier molecular flexibility index (Phi) is 4.22. The molecular formula is C12H17N3O3. The van der Waals surface area contributed by atoms with Gasteiger partial charge in [-0.1, -0.05) is 6.42 Å². The van der Waals surface area contributed by atoms with Crippen molar-refractivity contribution in [2.45, 2.75) is 31.9 Å². The monoisotopic (exact) mass is 251 g/mol. The normalized spacial score (nSPS) is 23.2. The summed E-state index contributed by atoms with van der Waals surface area (Å²) in [6.07, 6.45) is 5.34. The van der Waals surface area contributed by atoms with Gasteiger partial charge in [0.05, 0.1) is 11.8 Å². The number of hydrogen-bond donors (Lipinski definition) is 3. The van der Waals surface area contributed by atoms with Crippen LogP contribution in [0.4, 0.5) is 0 Å². The first kappa shape index (κ1) is 12.9. The Balaban J connectivity index is 1.88. The van der Waals surface area contributed by atoms with E-state index in [1.807, 2.05) is 0 Å². The standard InChI is InChI=1S/C12H17N3O3/c16-11-3-1-2-8(11)4-13-6-10-9(12(17)18)5-14-7-15-10/h5,7-8,11,13,16H,1-4,6H2,(H,17,18). The molecule has 1 aliphatic carbocycles. The first-order valence-corrected chi connectivity index (χ1v) is 6.09. The first-order chi connectivity index (χ1) is 8.68. The van der Waals surface area contributed by atoms with Crippen LogP contribution in [0.5, 0.6) is 0 Å². The van der Waals surface area contributed by atoms with Gasteiger partial charge in [0.2, 0.25) is 0 Å². The zero-order valence-electron chi connectivity index (χ0n) is 10.0. The molecule has 98 valence electrons. The van der Waals surface area contributed by atoms with Crippen LogP contribution in [0.1, 0.15) is 35.3 Å². The van der Waals surface area contributed by atoms with Gasteiger partial charge in [0.1, 0.15) is 11.9 Å². The summed E-state index contributed by atoms with van der Waals surface area (Å²) in [5, 5.41) is 21.8. The van der Waals surface area contributed by atoms with Crippen LogP contribution >= 0.6 is 0 Å². The molecule has 18 heavy (non-hydrogen) atoms. The highest BCUT2D eigenvalue weighted by Crippen LogP contribution is 2.24. The van der Waals surface area contributed by atoms with Gasteiger partial charge in [-0.25, -0.2) is 14.8 Å². The molecule has 1 aliphatic rings. The topological polar surface area (TPSA) is 95.3 Å². The lowest BCUT2D eigenvalue weighted by Crippen LogP contribution is -2.28. The Hall–Kier alpha value is -1.53. The molecule has 0 aliphatic heterocycles. The van der Waals surface area contributed by atoms with Gasteiger partial charge in [-0.05, 0) is 18.8 Å². The smallest absolute Gasteiger partial charge is 0.339 e. The largest absolute Gasteiger partial charge is 0.478 e. The minimum Gasteiger partial charge on any atom is -0.478 e. The molecule has 0 aromatic carbocycles. The molecule has 6 nitrogen and oxygen atoms in total. The quantitative estimate of drug-likeness (QED) is 0.702. The van der Waals surface area contributed by atoms with Crippen molar-refractivity contribution in [3.8, 4) is 0 Å². The van der Waals surface area contributed by atoms with E-state index in [9.17, 15) is 9.90 Å². The fourth-order valence-electron chi connectivity index (χ4n) is 2.31. The number of aromatic nitrogens is 2. The Morgan fingerprint density at radius 1 is 1.50 bits per heavy atom. The average Bonchev–Trinajstić information content (AvgIpc) is 2.76. The van der Waals surface area contributed by atoms with E-state index in [2.05, 4.69) is 15.3 Å². The molecule has 1 aromatic rings. The number of carboxylic acids is 1. The van der Waals surface area contributed by atoms with Gasteiger partial charge < -0.3 is 15.5 Å². The van der Waals surface area contributed by atoms with Crippen LogP contribution in [0, 0.1) is 5.92 Å². The van der Waals surface area contributed by atoms with Crippen molar-refractivity contribution in [2.75, 3.05) is 6.54 Å². The molecule has 1 aromatic heterocycles. The van der Waals surface area contributed by atoms with E-state index < -0.39 is 5.97 Å². The highest BCUT2D eigenvalue weighted by molar-refractivity contribution is 5.88. The van der Waals surface area contributed by atoms with E-state index in [4.69, 9.17) is 5.11 Å². The lowest BCUT2D eigenvalue weighted by molar-refractivity contribution is 0.0694. The minimum absolute atomic E-state index is 0.122. The predicted molar refractivity (Wildman–Crippen MR) is 64.0 cm³/mol. The van der Waals surface area contributed by atoms with Crippen molar-refractivity contribution in [1.29, 1.82) is 0 Å². The van der Waals surface area contributed by atoms with Crippen LogP contribution in [0.3, 0.4) is 0 Å². The van der Waals surface area contributed by atoms with Crippen molar-refractivity contribution in [1.82, 2.24) is 15.3 Å². The van der Waals surface area contributed by atoms with Gasteiger partial charge in [0, 0.05) is 19.3 Å². The summed E-state index contributed by atoms with van der Waals surface area (Å²) in [4.78, 5) is 18.6. The lowest BCUT2D eigenvalue weighted by atomic mass is 10.1. The van der Waals surface area contributed by atoms with Crippen molar-refractivity contribution < 1.29 is 15.0 Å². The van der Waals surface area contributed by atoms with E-state index in [0.29, 0.717) is 18.8 Å². The van der Waals surface area contributed by atoms with E-state index >= 15 is 0 Å². The third-order valence-corrected chi connectivity index (χ3v) is 3.34.